The van der Waals surface area contributed by atoms with Crippen LogP contribution in [-0.2, 0) is 22.6 Å². The summed E-state index contributed by atoms with van der Waals surface area (Å²) in [6, 6.07) is 5.86. The molecule has 32 heavy (non-hydrogen) atoms. The highest BCUT2D eigenvalue weighted by Crippen LogP contribution is 2.31. The van der Waals surface area contributed by atoms with Gasteiger partial charge in [0.15, 0.2) is 5.69 Å². The predicted octanol–water partition coefficient (Wildman–Crippen LogP) is 2.67. The molecular weight excluding hydrogens is 415 g/mol. The first kappa shape index (κ1) is 22.0. The number of fused-ring (bicyclic) bond motifs is 1. The highest BCUT2D eigenvalue weighted by atomic mass is 19.1. The molecule has 0 unspecified atom stereocenters. The molecule has 0 saturated heterocycles. The minimum Gasteiger partial charge on any atom is -0.464 e. The van der Waals surface area contributed by atoms with Gasteiger partial charge in [-0.2, -0.15) is 0 Å². The number of carbonyl (C=O) groups is 3. The van der Waals surface area contributed by atoms with Crippen LogP contribution < -0.4 is 5.32 Å². The molecule has 2 amide bonds. The Balaban J connectivity index is 1.71. The van der Waals surface area contributed by atoms with Gasteiger partial charge in [0, 0.05) is 12.6 Å². The molecule has 1 atom stereocenters. The molecule has 0 bridgehead atoms. The standard InChI is InChI=1S/C23H27FN4O4/c1-23(22(31)26-17-6-4-3-5-7-17)13-27-14-25-18(21(30)32-2)19(27)20(29)28(23)12-15-8-10-16(24)11-9-15/h8-11,14,17H,3-7,12-13H2,1-2H3,(H,26,31)/t23-/m1/s1. The van der Waals surface area contributed by atoms with Crippen molar-refractivity contribution in [1.82, 2.24) is 19.8 Å². The lowest BCUT2D eigenvalue weighted by Gasteiger charge is -2.44. The first-order valence-electron chi connectivity index (χ1n) is 10.8. The van der Waals surface area contributed by atoms with Crippen LogP contribution in [0, 0.1) is 5.82 Å². The molecule has 8 nitrogen and oxygen atoms in total. The van der Waals surface area contributed by atoms with Crippen molar-refractivity contribution in [2.75, 3.05) is 7.11 Å². The third-order valence-electron chi connectivity index (χ3n) is 6.42. The van der Waals surface area contributed by atoms with E-state index in [0.29, 0.717) is 5.56 Å². The van der Waals surface area contributed by atoms with Crippen LogP contribution in [0.5, 0.6) is 0 Å². The number of hydrogen-bond acceptors (Lipinski definition) is 5. The number of rotatable bonds is 5. The van der Waals surface area contributed by atoms with Gasteiger partial charge in [0.2, 0.25) is 5.91 Å². The summed E-state index contributed by atoms with van der Waals surface area (Å²) in [5.41, 5.74) is -0.549. The Morgan fingerprint density at radius 2 is 1.91 bits per heavy atom. The molecule has 0 spiro atoms. The molecule has 1 aromatic carbocycles. The lowest BCUT2D eigenvalue weighted by atomic mass is 9.91. The van der Waals surface area contributed by atoms with Crippen molar-refractivity contribution in [3.8, 4) is 0 Å². The van der Waals surface area contributed by atoms with Gasteiger partial charge < -0.3 is 19.5 Å². The molecule has 1 fully saturated rings. The number of hydrogen-bond donors (Lipinski definition) is 1. The Hall–Kier alpha value is -3.23. The molecule has 9 heteroatoms. The van der Waals surface area contributed by atoms with Gasteiger partial charge in [-0.3, -0.25) is 9.59 Å². The number of methoxy groups -OCH3 is 1. The molecule has 170 valence electrons. The van der Waals surface area contributed by atoms with Crippen molar-refractivity contribution in [1.29, 1.82) is 0 Å². The second kappa shape index (κ2) is 8.72. The summed E-state index contributed by atoms with van der Waals surface area (Å²) in [6.45, 7) is 1.94. The summed E-state index contributed by atoms with van der Waals surface area (Å²) >= 11 is 0. The zero-order valence-corrected chi connectivity index (χ0v) is 18.3. The molecule has 2 heterocycles. The van der Waals surface area contributed by atoms with Crippen molar-refractivity contribution < 1.29 is 23.5 Å². The molecule has 1 aliphatic carbocycles. The Morgan fingerprint density at radius 1 is 1.22 bits per heavy atom. The van der Waals surface area contributed by atoms with E-state index < -0.39 is 17.4 Å². The van der Waals surface area contributed by atoms with Gasteiger partial charge in [0.05, 0.1) is 20.0 Å². The summed E-state index contributed by atoms with van der Waals surface area (Å²) in [7, 11) is 1.22. The molecule has 0 radical (unpaired) electrons. The van der Waals surface area contributed by atoms with Crippen LogP contribution >= 0.6 is 0 Å². The average Bonchev–Trinajstić information content (AvgIpc) is 3.21. The van der Waals surface area contributed by atoms with E-state index in [1.54, 1.807) is 19.1 Å². The summed E-state index contributed by atoms with van der Waals surface area (Å²) < 4.78 is 19.7. The van der Waals surface area contributed by atoms with Crippen molar-refractivity contribution in [2.24, 2.45) is 0 Å². The van der Waals surface area contributed by atoms with E-state index in [0.717, 1.165) is 32.1 Å². The van der Waals surface area contributed by atoms with Gasteiger partial charge in [-0.1, -0.05) is 31.4 Å². The van der Waals surface area contributed by atoms with E-state index in [2.05, 4.69) is 10.3 Å². The predicted molar refractivity (Wildman–Crippen MR) is 113 cm³/mol. The molecule has 1 N–H and O–H groups in total. The number of esters is 1. The highest BCUT2D eigenvalue weighted by molar-refractivity contribution is 6.06. The fraction of sp³-hybridized carbons (Fsp3) is 0.478. The summed E-state index contributed by atoms with van der Waals surface area (Å²) in [6.07, 6.45) is 6.50. The zero-order chi connectivity index (χ0) is 22.9. The van der Waals surface area contributed by atoms with Crippen LogP contribution in [0.1, 0.15) is 65.6 Å². The van der Waals surface area contributed by atoms with Crippen LogP contribution in [0.3, 0.4) is 0 Å². The van der Waals surface area contributed by atoms with Crippen LogP contribution in [-0.4, -0.2) is 50.9 Å². The second-order valence-electron chi connectivity index (χ2n) is 8.66. The van der Waals surface area contributed by atoms with Gasteiger partial charge in [0.1, 0.15) is 17.1 Å². The molecule has 2 aromatic rings. The summed E-state index contributed by atoms with van der Waals surface area (Å²) in [5.74, 6) is -1.86. The maximum Gasteiger partial charge on any atom is 0.359 e. The van der Waals surface area contributed by atoms with Crippen molar-refractivity contribution >= 4 is 17.8 Å². The minimum absolute atomic E-state index is 0.0747. The fourth-order valence-electron chi connectivity index (χ4n) is 4.54. The minimum atomic E-state index is -1.22. The number of halogens is 1. The quantitative estimate of drug-likeness (QED) is 0.719. The number of ether oxygens (including phenoxy) is 1. The number of nitrogens with one attached hydrogen (secondary N) is 1. The monoisotopic (exact) mass is 442 g/mol. The second-order valence-corrected chi connectivity index (χ2v) is 8.66. The van der Waals surface area contributed by atoms with Crippen LogP contribution in [0.4, 0.5) is 4.39 Å². The largest absolute Gasteiger partial charge is 0.464 e. The lowest BCUT2D eigenvalue weighted by Crippen LogP contribution is -2.64. The van der Waals surface area contributed by atoms with Gasteiger partial charge in [-0.05, 0) is 37.5 Å². The summed E-state index contributed by atoms with van der Waals surface area (Å²) in [4.78, 5) is 44.8. The van der Waals surface area contributed by atoms with E-state index >= 15 is 0 Å². The molecule has 1 aromatic heterocycles. The first-order chi connectivity index (χ1) is 15.3. The van der Waals surface area contributed by atoms with Crippen molar-refractivity contribution in [2.45, 2.75) is 63.7 Å². The van der Waals surface area contributed by atoms with E-state index in [1.165, 1.54) is 35.0 Å². The third-order valence-corrected chi connectivity index (χ3v) is 6.42. The van der Waals surface area contributed by atoms with Crippen molar-refractivity contribution in [3.63, 3.8) is 0 Å². The van der Waals surface area contributed by atoms with E-state index in [-0.39, 0.29) is 42.2 Å². The molecule has 1 saturated carbocycles. The Bertz CT molecular complexity index is 1030. The van der Waals surface area contributed by atoms with Crippen LogP contribution in [0.15, 0.2) is 30.6 Å². The van der Waals surface area contributed by atoms with Gasteiger partial charge in [-0.25, -0.2) is 14.2 Å². The number of carbonyl (C=O) groups excluding carboxylic acids is 3. The smallest absolute Gasteiger partial charge is 0.359 e. The van der Waals surface area contributed by atoms with Gasteiger partial charge in [0.25, 0.3) is 5.91 Å². The number of benzene rings is 1. The SMILES string of the molecule is COC(=O)c1ncn2c1C(=O)N(Cc1ccc(F)cc1)[C@@](C)(C(=O)NC1CCCCC1)C2. The lowest BCUT2D eigenvalue weighted by molar-refractivity contribution is -0.134. The number of imidazole rings is 1. The fourth-order valence-corrected chi connectivity index (χ4v) is 4.54. The topological polar surface area (TPSA) is 93.5 Å². The maximum absolute atomic E-state index is 13.6. The number of nitrogens with zero attached hydrogens (tertiary/aromatic N) is 3. The third kappa shape index (κ3) is 3.99. The molecular formula is C23H27FN4O4. The number of amides is 2. The first-order valence-corrected chi connectivity index (χ1v) is 10.8. The Labute approximate surface area is 185 Å². The Kier molecular flexibility index (Phi) is 5.99. The number of aromatic nitrogens is 2. The molecule has 1 aliphatic heterocycles. The summed E-state index contributed by atoms with van der Waals surface area (Å²) in [5, 5.41) is 3.13. The highest BCUT2D eigenvalue weighted by Gasteiger charge is 2.49. The maximum atomic E-state index is 13.6. The van der Waals surface area contributed by atoms with Gasteiger partial charge >= 0.3 is 5.97 Å². The van der Waals surface area contributed by atoms with Crippen LogP contribution in [0.2, 0.25) is 0 Å². The average molecular weight is 442 g/mol. The van der Waals surface area contributed by atoms with E-state index in [9.17, 15) is 18.8 Å². The Morgan fingerprint density at radius 3 is 2.56 bits per heavy atom. The van der Waals surface area contributed by atoms with E-state index in [1.807, 2.05) is 0 Å². The van der Waals surface area contributed by atoms with E-state index in [4.69, 9.17) is 4.74 Å². The normalized spacial score (nSPS) is 21.2. The molecule has 2 aliphatic rings. The van der Waals surface area contributed by atoms with Crippen LogP contribution in [0.25, 0.3) is 0 Å². The zero-order valence-electron chi connectivity index (χ0n) is 18.3. The van der Waals surface area contributed by atoms with Crippen molar-refractivity contribution in [3.05, 3.63) is 53.4 Å². The van der Waals surface area contributed by atoms with Gasteiger partial charge in [-0.15, -0.1) is 0 Å². The molecule has 4 rings (SSSR count).